The fourth-order valence-corrected chi connectivity index (χ4v) is 1.64. The fourth-order valence-electron chi connectivity index (χ4n) is 1.64. The number of benzene rings is 1. The summed E-state index contributed by atoms with van der Waals surface area (Å²) in [6.07, 6.45) is 0. The second-order valence-corrected chi connectivity index (χ2v) is 3.95. The van der Waals surface area contributed by atoms with Crippen LogP contribution in [0.1, 0.15) is 31.0 Å². The Morgan fingerprint density at radius 3 is 2.76 bits per heavy atom. The smallest absolute Gasteiger partial charge is 0.234 e. The van der Waals surface area contributed by atoms with E-state index in [4.69, 9.17) is 10.5 Å². The summed E-state index contributed by atoms with van der Waals surface area (Å²) in [5, 5.41) is 2.82. The first-order valence-corrected chi connectivity index (χ1v) is 5.81. The van der Waals surface area contributed by atoms with E-state index in [-0.39, 0.29) is 18.5 Å². The summed E-state index contributed by atoms with van der Waals surface area (Å²) in [6, 6.07) is 5.87. The third-order valence-electron chi connectivity index (χ3n) is 2.56. The zero-order valence-corrected chi connectivity index (χ0v) is 10.6. The molecule has 94 valence electrons. The predicted octanol–water partition coefficient (Wildman–Crippen LogP) is 1.53. The molecule has 0 saturated carbocycles. The highest BCUT2D eigenvalue weighted by Gasteiger charge is 2.09. The van der Waals surface area contributed by atoms with E-state index in [0.29, 0.717) is 6.61 Å². The minimum absolute atomic E-state index is 0.0142. The minimum atomic E-state index is -0.149. The third kappa shape index (κ3) is 3.75. The molecule has 0 aliphatic carbocycles. The van der Waals surface area contributed by atoms with Gasteiger partial charge in [-0.3, -0.25) is 4.79 Å². The molecule has 0 radical (unpaired) electrons. The Labute approximate surface area is 102 Å². The number of carbonyl (C=O) groups excluding carboxylic acids is 1. The van der Waals surface area contributed by atoms with E-state index < -0.39 is 0 Å². The van der Waals surface area contributed by atoms with E-state index in [1.54, 1.807) is 0 Å². The fraction of sp³-hybridized carbons (Fsp3) is 0.462. The summed E-state index contributed by atoms with van der Waals surface area (Å²) < 4.78 is 5.47. The number of amides is 1. The van der Waals surface area contributed by atoms with E-state index in [1.807, 2.05) is 39.0 Å². The van der Waals surface area contributed by atoms with Crippen LogP contribution in [0.3, 0.4) is 0 Å². The molecular formula is C13H20N2O2. The summed E-state index contributed by atoms with van der Waals surface area (Å²) >= 11 is 0. The molecule has 0 fully saturated rings. The highest BCUT2D eigenvalue weighted by atomic mass is 16.5. The summed E-state index contributed by atoms with van der Waals surface area (Å²) in [6.45, 7) is 6.55. The van der Waals surface area contributed by atoms with Crippen molar-refractivity contribution in [3.05, 3.63) is 29.3 Å². The van der Waals surface area contributed by atoms with E-state index in [1.165, 1.54) is 0 Å². The van der Waals surface area contributed by atoms with Gasteiger partial charge in [0.15, 0.2) is 0 Å². The van der Waals surface area contributed by atoms with Crippen molar-refractivity contribution in [1.82, 2.24) is 5.32 Å². The quantitative estimate of drug-likeness (QED) is 0.815. The second-order valence-electron chi connectivity index (χ2n) is 3.95. The average molecular weight is 236 g/mol. The molecule has 0 bridgehead atoms. The number of nitrogens with one attached hydrogen (secondary N) is 1. The van der Waals surface area contributed by atoms with Crippen molar-refractivity contribution in [3.8, 4) is 5.75 Å². The maximum Gasteiger partial charge on any atom is 0.234 e. The highest BCUT2D eigenvalue weighted by Crippen LogP contribution is 2.22. The number of aryl methyl sites for hydroxylation is 1. The third-order valence-corrected chi connectivity index (χ3v) is 2.56. The van der Waals surface area contributed by atoms with Crippen LogP contribution in [0.4, 0.5) is 0 Å². The maximum atomic E-state index is 11.2. The number of ether oxygens (including phenoxy) is 1. The predicted molar refractivity (Wildman–Crippen MR) is 68.0 cm³/mol. The molecule has 0 aliphatic heterocycles. The van der Waals surface area contributed by atoms with Gasteiger partial charge < -0.3 is 15.8 Å². The molecule has 1 atom stereocenters. The summed E-state index contributed by atoms with van der Waals surface area (Å²) in [5.41, 5.74) is 7.38. The summed E-state index contributed by atoms with van der Waals surface area (Å²) in [5.74, 6) is 0.734. The molecule has 4 nitrogen and oxygen atoms in total. The lowest BCUT2D eigenvalue weighted by Crippen LogP contribution is -2.32. The monoisotopic (exact) mass is 236 g/mol. The molecule has 17 heavy (non-hydrogen) atoms. The normalized spacial score (nSPS) is 12.0. The number of hydrogen-bond donors (Lipinski definition) is 2. The number of nitrogens with two attached hydrogens (primary N) is 1. The van der Waals surface area contributed by atoms with Crippen LogP contribution in [-0.2, 0) is 4.79 Å². The van der Waals surface area contributed by atoms with Crippen molar-refractivity contribution in [3.63, 3.8) is 0 Å². The molecule has 1 aromatic carbocycles. The Bertz CT molecular complexity index is 391. The van der Waals surface area contributed by atoms with Gasteiger partial charge in [-0.1, -0.05) is 12.1 Å². The largest absolute Gasteiger partial charge is 0.494 e. The SMILES string of the molecule is CCOc1ccc(C(C)NC(=O)CN)cc1C. The van der Waals surface area contributed by atoms with Crippen molar-refractivity contribution in [2.24, 2.45) is 5.73 Å². The lowest BCUT2D eigenvalue weighted by Gasteiger charge is -2.15. The number of rotatable bonds is 5. The first-order valence-electron chi connectivity index (χ1n) is 5.81. The zero-order valence-electron chi connectivity index (χ0n) is 10.6. The van der Waals surface area contributed by atoms with Crippen LogP contribution in [0.2, 0.25) is 0 Å². The first kappa shape index (κ1) is 13.5. The van der Waals surface area contributed by atoms with Gasteiger partial charge in [-0.15, -0.1) is 0 Å². The lowest BCUT2D eigenvalue weighted by atomic mass is 10.0. The number of hydrogen-bond acceptors (Lipinski definition) is 3. The Kier molecular flexibility index (Phi) is 4.97. The average Bonchev–Trinajstić information content (AvgIpc) is 2.31. The van der Waals surface area contributed by atoms with Crippen LogP contribution in [0.25, 0.3) is 0 Å². The van der Waals surface area contributed by atoms with Gasteiger partial charge in [0.25, 0.3) is 0 Å². The first-order chi connectivity index (χ1) is 8.08. The molecule has 0 aromatic heterocycles. The topological polar surface area (TPSA) is 64.3 Å². The van der Waals surface area contributed by atoms with Crippen LogP contribution in [-0.4, -0.2) is 19.1 Å². The molecule has 0 saturated heterocycles. The molecule has 1 aromatic rings. The molecule has 1 unspecified atom stereocenters. The molecule has 0 spiro atoms. The molecule has 0 aliphatic rings. The molecule has 0 heterocycles. The van der Waals surface area contributed by atoms with Crippen molar-refractivity contribution in [2.75, 3.05) is 13.2 Å². The highest BCUT2D eigenvalue weighted by molar-refractivity contribution is 5.78. The van der Waals surface area contributed by atoms with Crippen molar-refractivity contribution >= 4 is 5.91 Å². The van der Waals surface area contributed by atoms with Gasteiger partial charge in [0.1, 0.15) is 5.75 Å². The van der Waals surface area contributed by atoms with Crippen LogP contribution >= 0.6 is 0 Å². The molecule has 1 rings (SSSR count). The Morgan fingerprint density at radius 2 is 2.24 bits per heavy atom. The van der Waals surface area contributed by atoms with Gasteiger partial charge >= 0.3 is 0 Å². The van der Waals surface area contributed by atoms with E-state index in [2.05, 4.69) is 5.32 Å². The van der Waals surface area contributed by atoms with Crippen LogP contribution < -0.4 is 15.8 Å². The molecular weight excluding hydrogens is 216 g/mol. The number of carbonyl (C=O) groups is 1. The zero-order chi connectivity index (χ0) is 12.8. The Balaban J connectivity index is 2.78. The van der Waals surface area contributed by atoms with E-state index in [0.717, 1.165) is 16.9 Å². The molecule has 3 N–H and O–H groups in total. The summed E-state index contributed by atoms with van der Waals surface area (Å²) in [7, 11) is 0. The summed E-state index contributed by atoms with van der Waals surface area (Å²) in [4.78, 5) is 11.2. The van der Waals surface area contributed by atoms with Crippen LogP contribution in [0.15, 0.2) is 18.2 Å². The standard InChI is InChI=1S/C13H20N2O2/c1-4-17-12-6-5-11(7-9(12)2)10(3)15-13(16)8-14/h5-7,10H,4,8,14H2,1-3H3,(H,15,16). The second kappa shape index (κ2) is 6.25. The maximum absolute atomic E-state index is 11.2. The molecule has 4 heteroatoms. The van der Waals surface area contributed by atoms with Crippen molar-refractivity contribution in [2.45, 2.75) is 26.8 Å². The van der Waals surface area contributed by atoms with Crippen LogP contribution in [0.5, 0.6) is 5.75 Å². The van der Waals surface area contributed by atoms with Crippen molar-refractivity contribution in [1.29, 1.82) is 0 Å². The Hall–Kier alpha value is -1.55. The van der Waals surface area contributed by atoms with Gasteiger partial charge in [0, 0.05) is 0 Å². The van der Waals surface area contributed by atoms with Crippen LogP contribution in [0, 0.1) is 6.92 Å². The minimum Gasteiger partial charge on any atom is -0.494 e. The van der Waals surface area contributed by atoms with Gasteiger partial charge in [-0.2, -0.15) is 0 Å². The van der Waals surface area contributed by atoms with Gasteiger partial charge in [0.05, 0.1) is 19.2 Å². The lowest BCUT2D eigenvalue weighted by molar-refractivity contribution is -0.120. The molecule has 1 amide bonds. The van der Waals surface area contributed by atoms with Crippen molar-refractivity contribution < 1.29 is 9.53 Å². The van der Waals surface area contributed by atoms with Gasteiger partial charge in [-0.25, -0.2) is 0 Å². The van der Waals surface area contributed by atoms with E-state index in [9.17, 15) is 4.79 Å². The van der Waals surface area contributed by atoms with Gasteiger partial charge in [-0.05, 0) is 38.0 Å². The van der Waals surface area contributed by atoms with E-state index >= 15 is 0 Å². The van der Waals surface area contributed by atoms with Gasteiger partial charge in [0.2, 0.25) is 5.91 Å². The Morgan fingerprint density at radius 1 is 1.53 bits per heavy atom.